The van der Waals surface area contributed by atoms with Crippen LogP contribution in [-0.4, -0.2) is 62.6 Å². The van der Waals surface area contributed by atoms with Crippen LogP contribution in [0.5, 0.6) is 0 Å². The molecule has 2 rings (SSSR count). The summed E-state index contributed by atoms with van der Waals surface area (Å²) in [5, 5.41) is 9.65. The monoisotopic (exact) mass is 507 g/mol. The highest BCUT2D eigenvalue weighted by Crippen LogP contribution is 2.27. The van der Waals surface area contributed by atoms with Gasteiger partial charge in [0.05, 0.1) is 0 Å². The van der Waals surface area contributed by atoms with Gasteiger partial charge in [-0.25, -0.2) is 0 Å². The fourth-order valence-corrected chi connectivity index (χ4v) is 4.12. The summed E-state index contributed by atoms with van der Waals surface area (Å²) in [6.45, 7) is 8.81. The molecule has 6 nitrogen and oxygen atoms in total. The lowest BCUT2D eigenvalue weighted by molar-refractivity contribution is -0.121. The largest absolute Gasteiger partial charge is 0.357 e. The molecule has 1 saturated carbocycles. The number of carbonyl (C=O) groups excluding carboxylic acids is 1. The van der Waals surface area contributed by atoms with Gasteiger partial charge in [-0.15, -0.1) is 24.0 Å². The molecule has 2 fully saturated rings. The van der Waals surface area contributed by atoms with E-state index in [1.54, 1.807) is 0 Å². The molecule has 1 aliphatic heterocycles. The minimum atomic E-state index is 0. The van der Waals surface area contributed by atoms with E-state index in [0.29, 0.717) is 25.4 Å². The molecule has 28 heavy (non-hydrogen) atoms. The molecule has 0 atom stereocenters. The second-order valence-electron chi connectivity index (χ2n) is 8.00. The maximum atomic E-state index is 12.0. The van der Waals surface area contributed by atoms with Gasteiger partial charge < -0.3 is 20.9 Å². The van der Waals surface area contributed by atoms with Crippen LogP contribution in [0.1, 0.15) is 71.1 Å². The van der Waals surface area contributed by atoms with Crippen LogP contribution in [0.3, 0.4) is 0 Å². The first-order valence-electron chi connectivity index (χ1n) is 11.3. The second-order valence-corrected chi connectivity index (χ2v) is 8.00. The van der Waals surface area contributed by atoms with Crippen molar-refractivity contribution >= 4 is 35.8 Å². The number of rotatable bonds is 10. The Labute approximate surface area is 189 Å². The van der Waals surface area contributed by atoms with Crippen molar-refractivity contribution in [2.45, 2.75) is 71.1 Å². The number of hydrogen-bond acceptors (Lipinski definition) is 3. The summed E-state index contributed by atoms with van der Waals surface area (Å²) in [4.78, 5) is 19.2. The average Bonchev–Trinajstić information content (AvgIpc) is 3.03. The topological polar surface area (TPSA) is 68.8 Å². The molecule has 2 aliphatic rings. The van der Waals surface area contributed by atoms with Crippen LogP contribution in [0, 0.1) is 5.92 Å². The van der Waals surface area contributed by atoms with E-state index >= 15 is 0 Å². The molecule has 0 aromatic carbocycles. The summed E-state index contributed by atoms with van der Waals surface area (Å²) in [5.41, 5.74) is 0. The SMILES string of the molecule is CCNC(=NCCCN1CCCCCC1)NCCNC(=O)CC1CCCC1.I. The van der Waals surface area contributed by atoms with E-state index in [4.69, 9.17) is 0 Å². The van der Waals surface area contributed by atoms with Crippen LogP contribution in [0.15, 0.2) is 4.99 Å². The third kappa shape index (κ3) is 11.4. The molecule has 1 saturated heterocycles. The minimum Gasteiger partial charge on any atom is -0.357 e. The van der Waals surface area contributed by atoms with Crippen molar-refractivity contribution in [2.24, 2.45) is 10.9 Å². The molecule has 0 unspecified atom stereocenters. The summed E-state index contributed by atoms with van der Waals surface area (Å²) < 4.78 is 0. The highest BCUT2D eigenvalue weighted by molar-refractivity contribution is 14.0. The molecule has 164 valence electrons. The molecule has 0 aromatic heterocycles. The Morgan fingerprint density at radius 1 is 0.964 bits per heavy atom. The smallest absolute Gasteiger partial charge is 0.220 e. The van der Waals surface area contributed by atoms with E-state index in [-0.39, 0.29) is 29.9 Å². The molecule has 3 N–H and O–H groups in total. The van der Waals surface area contributed by atoms with Gasteiger partial charge in [0, 0.05) is 32.6 Å². The second kappa shape index (κ2) is 16.3. The number of carbonyl (C=O) groups is 1. The van der Waals surface area contributed by atoms with Gasteiger partial charge in [-0.3, -0.25) is 9.79 Å². The van der Waals surface area contributed by atoms with Crippen LogP contribution < -0.4 is 16.0 Å². The maximum Gasteiger partial charge on any atom is 0.220 e. The molecule has 7 heteroatoms. The zero-order chi connectivity index (χ0) is 19.2. The Kier molecular flexibility index (Phi) is 14.8. The molecule has 0 aromatic rings. The lowest BCUT2D eigenvalue weighted by Gasteiger charge is -2.19. The quantitative estimate of drug-likeness (QED) is 0.184. The lowest BCUT2D eigenvalue weighted by atomic mass is 10.0. The minimum absolute atomic E-state index is 0. The highest BCUT2D eigenvalue weighted by atomic mass is 127. The van der Waals surface area contributed by atoms with Crippen molar-refractivity contribution < 1.29 is 4.79 Å². The van der Waals surface area contributed by atoms with Crippen molar-refractivity contribution in [1.82, 2.24) is 20.9 Å². The standard InChI is InChI=1S/C21H41N5O.HI/c1-2-22-21(24-12-9-17-26-15-7-3-4-8-16-26)25-14-13-23-20(27)18-19-10-5-6-11-19;/h19H,2-18H2,1H3,(H,23,27)(H2,22,24,25);1H. The fraction of sp³-hybridized carbons (Fsp3) is 0.905. The van der Waals surface area contributed by atoms with Gasteiger partial charge in [0.2, 0.25) is 5.91 Å². The summed E-state index contributed by atoms with van der Waals surface area (Å²) >= 11 is 0. The average molecular weight is 508 g/mol. The Balaban J connectivity index is 0.00000392. The van der Waals surface area contributed by atoms with Crippen LogP contribution in [0.25, 0.3) is 0 Å². The number of nitrogens with one attached hydrogen (secondary N) is 3. The molecule has 0 spiro atoms. The van der Waals surface area contributed by atoms with Crippen LogP contribution in [0.4, 0.5) is 0 Å². The van der Waals surface area contributed by atoms with Gasteiger partial charge in [-0.2, -0.15) is 0 Å². The normalized spacial score (nSPS) is 19.0. The summed E-state index contributed by atoms with van der Waals surface area (Å²) in [7, 11) is 0. The number of likely N-dealkylation sites (tertiary alicyclic amines) is 1. The first-order valence-corrected chi connectivity index (χ1v) is 11.3. The van der Waals surface area contributed by atoms with Crippen molar-refractivity contribution in [1.29, 1.82) is 0 Å². The molecule has 1 amide bonds. The Bertz CT molecular complexity index is 433. The van der Waals surface area contributed by atoms with E-state index in [0.717, 1.165) is 32.0 Å². The first-order chi connectivity index (χ1) is 13.3. The van der Waals surface area contributed by atoms with Crippen molar-refractivity contribution in [3.63, 3.8) is 0 Å². The van der Waals surface area contributed by atoms with Crippen LogP contribution in [-0.2, 0) is 4.79 Å². The van der Waals surface area contributed by atoms with E-state index < -0.39 is 0 Å². The molecular formula is C21H42IN5O. The van der Waals surface area contributed by atoms with Gasteiger partial charge in [0.15, 0.2) is 5.96 Å². The Morgan fingerprint density at radius 3 is 2.32 bits per heavy atom. The van der Waals surface area contributed by atoms with Gasteiger partial charge >= 0.3 is 0 Å². The summed E-state index contributed by atoms with van der Waals surface area (Å²) in [5.74, 6) is 1.67. The van der Waals surface area contributed by atoms with E-state index in [2.05, 4.69) is 32.8 Å². The fourth-order valence-electron chi connectivity index (χ4n) is 4.12. The van der Waals surface area contributed by atoms with E-state index in [9.17, 15) is 4.79 Å². The number of halogens is 1. The Morgan fingerprint density at radius 2 is 1.64 bits per heavy atom. The number of amides is 1. The third-order valence-electron chi connectivity index (χ3n) is 5.63. The van der Waals surface area contributed by atoms with Crippen LogP contribution in [0.2, 0.25) is 0 Å². The zero-order valence-electron chi connectivity index (χ0n) is 17.8. The van der Waals surface area contributed by atoms with E-state index in [1.807, 2.05) is 0 Å². The third-order valence-corrected chi connectivity index (χ3v) is 5.63. The van der Waals surface area contributed by atoms with Crippen molar-refractivity contribution in [3.05, 3.63) is 0 Å². The van der Waals surface area contributed by atoms with Crippen molar-refractivity contribution in [2.75, 3.05) is 45.8 Å². The number of aliphatic imine (C=N–C) groups is 1. The summed E-state index contributed by atoms with van der Waals surface area (Å²) in [6, 6.07) is 0. The predicted molar refractivity (Wildman–Crippen MR) is 129 cm³/mol. The first kappa shape index (κ1) is 25.5. The van der Waals surface area contributed by atoms with Gasteiger partial charge in [0.25, 0.3) is 0 Å². The molecule has 1 heterocycles. The molecular weight excluding hydrogens is 465 g/mol. The van der Waals surface area contributed by atoms with Gasteiger partial charge in [-0.1, -0.05) is 25.7 Å². The predicted octanol–water partition coefficient (Wildman–Crippen LogP) is 3.12. The Hall–Kier alpha value is -0.570. The number of guanidine groups is 1. The van der Waals surface area contributed by atoms with Gasteiger partial charge in [-0.05, 0) is 64.6 Å². The highest BCUT2D eigenvalue weighted by Gasteiger charge is 2.17. The zero-order valence-corrected chi connectivity index (χ0v) is 20.1. The molecule has 1 aliphatic carbocycles. The van der Waals surface area contributed by atoms with E-state index in [1.165, 1.54) is 64.5 Å². The van der Waals surface area contributed by atoms with Gasteiger partial charge in [0.1, 0.15) is 0 Å². The number of nitrogens with zero attached hydrogens (tertiary/aromatic N) is 2. The number of hydrogen-bond donors (Lipinski definition) is 3. The summed E-state index contributed by atoms with van der Waals surface area (Å²) in [6.07, 6.45) is 12.3. The molecule has 0 bridgehead atoms. The van der Waals surface area contributed by atoms with Crippen LogP contribution >= 0.6 is 24.0 Å². The molecule has 0 radical (unpaired) electrons. The maximum absolute atomic E-state index is 12.0. The van der Waals surface area contributed by atoms with Crippen molar-refractivity contribution in [3.8, 4) is 0 Å². The lowest BCUT2D eigenvalue weighted by Crippen LogP contribution is -2.41.